The Morgan fingerprint density at radius 1 is 1.42 bits per heavy atom. The summed E-state index contributed by atoms with van der Waals surface area (Å²) in [6, 6.07) is 7.12. The van der Waals surface area contributed by atoms with Crippen molar-refractivity contribution in [2.75, 3.05) is 18.0 Å². The number of nitrogen functional groups attached to an aromatic ring is 1. The maximum Gasteiger partial charge on any atom is 0.302 e. The Morgan fingerprint density at radius 2 is 2.16 bits per heavy atom. The van der Waals surface area contributed by atoms with Gasteiger partial charge in [-0.3, -0.25) is 4.79 Å². The third kappa shape index (κ3) is 3.92. The maximum absolute atomic E-state index is 12.6. The van der Waals surface area contributed by atoms with E-state index in [-0.39, 0.29) is 18.9 Å². The second kappa shape index (κ2) is 5.16. The van der Waals surface area contributed by atoms with Gasteiger partial charge in [-0.2, -0.15) is 8.42 Å². The summed E-state index contributed by atoms with van der Waals surface area (Å²) in [6.45, 7) is 0.628. The Bertz CT molecular complexity index is 588. The molecule has 0 bridgehead atoms. The number of carbonyl (C=O) groups excluding carboxylic acids is 1. The fourth-order valence-corrected chi connectivity index (χ4v) is 3.10. The summed E-state index contributed by atoms with van der Waals surface area (Å²) in [5, 5.41) is 0. The highest BCUT2D eigenvalue weighted by molar-refractivity contribution is 7.86. The van der Waals surface area contributed by atoms with Gasteiger partial charge in [-0.05, 0) is 17.7 Å². The molecule has 2 N–H and O–H groups in total. The van der Waals surface area contributed by atoms with Crippen molar-refractivity contribution >= 4 is 21.8 Å². The highest BCUT2D eigenvalue weighted by Crippen LogP contribution is 2.22. The number of nitrogens with two attached hydrogens (primary N) is 1. The third-order valence-corrected chi connectivity index (χ3v) is 3.92. The SMILES string of the molecule is Nc1cccc(CN2CC(CS(=O)(=O)F)CC2=O)c1. The van der Waals surface area contributed by atoms with Gasteiger partial charge < -0.3 is 10.6 Å². The minimum absolute atomic E-state index is 0.0749. The zero-order valence-corrected chi connectivity index (χ0v) is 11.1. The first kappa shape index (κ1) is 13.8. The summed E-state index contributed by atoms with van der Waals surface area (Å²) >= 11 is 0. The molecule has 104 valence electrons. The van der Waals surface area contributed by atoms with Gasteiger partial charge in [0.15, 0.2) is 0 Å². The molecule has 1 aliphatic heterocycles. The molecular formula is C12H15FN2O3S. The van der Waals surface area contributed by atoms with Crippen LogP contribution in [0.3, 0.4) is 0 Å². The van der Waals surface area contributed by atoms with Crippen LogP contribution in [0.15, 0.2) is 24.3 Å². The van der Waals surface area contributed by atoms with E-state index in [4.69, 9.17) is 5.73 Å². The van der Waals surface area contributed by atoms with Crippen LogP contribution < -0.4 is 5.73 Å². The molecule has 1 atom stereocenters. The fraction of sp³-hybridized carbons (Fsp3) is 0.417. The molecule has 19 heavy (non-hydrogen) atoms. The lowest BCUT2D eigenvalue weighted by atomic mass is 10.1. The average Bonchev–Trinajstić information content (AvgIpc) is 2.56. The van der Waals surface area contributed by atoms with E-state index >= 15 is 0 Å². The number of likely N-dealkylation sites (tertiary alicyclic amines) is 1. The number of halogens is 1. The molecule has 0 saturated carbocycles. The van der Waals surface area contributed by atoms with Gasteiger partial charge in [-0.15, -0.1) is 3.89 Å². The zero-order chi connectivity index (χ0) is 14.0. The van der Waals surface area contributed by atoms with Crippen LogP contribution >= 0.6 is 0 Å². The molecule has 1 unspecified atom stereocenters. The Labute approximate surface area is 111 Å². The van der Waals surface area contributed by atoms with Gasteiger partial charge in [-0.1, -0.05) is 12.1 Å². The summed E-state index contributed by atoms with van der Waals surface area (Å²) in [4.78, 5) is 13.3. The molecule has 1 fully saturated rings. The number of amides is 1. The minimum atomic E-state index is -4.53. The van der Waals surface area contributed by atoms with Crippen LogP contribution in [0, 0.1) is 5.92 Å². The number of carbonyl (C=O) groups is 1. The van der Waals surface area contributed by atoms with Crippen LogP contribution in [0.1, 0.15) is 12.0 Å². The van der Waals surface area contributed by atoms with Crippen LogP contribution in [0.25, 0.3) is 0 Å². The first-order chi connectivity index (χ1) is 8.83. The Morgan fingerprint density at radius 3 is 2.79 bits per heavy atom. The predicted molar refractivity (Wildman–Crippen MR) is 69.3 cm³/mol. The summed E-state index contributed by atoms with van der Waals surface area (Å²) in [5.41, 5.74) is 7.12. The summed E-state index contributed by atoms with van der Waals surface area (Å²) < 4.78 is 33.8. The molecule has 7 heteroatoms. The van der Waals surface area contributed by atoms with Crippen LogP contribution in [0.4, 0.5) is 9.57 Å². The lowest BCUT2D eigenvalue weighted by Crippen LogP contribution is -2.25. The highest BCUT2D eigenvalue weighted by atomic mass is 32.3. The van der Waals surface area contributed by atoms with Gasteiger partial charge in [0.1, 0.15) is 0 Å². The van der Waals surface area contributed by atoms with E-state index in [0.29, 0.717) is 12.2 Å². The summed E-state index contributed by atoms with van der Waals surface area (Å²) in [7, 11) is -4.53. The van der Waals surface area contributed by atoms with E-state index in [0.717, 1.165) is 5.56 Å². The van der Waals surface area contributed by atoms with Crippen molar-refractivity contribution in [3.63, 3.8) is 0 Å². The smallest absolute Gasteiger partial charge is 0.302 e. The van der Waals surface area contributed by atoms with Gasteiger partial charge in [0.25, 0.3) is 0 Å². The van der Waals surface area contributed by atoms with E-state index in [1.54, 1.807) is 18.2 Å². The molecule has 1 aromatic carbocycles. The van der Waals surface area contributed by atoms with Crippen LogP contribution in [0.5, 0.6) is 0 Å². The first-order valence-electron chi connectivity index (χ1n) is 5.88. The summed E-state index contributed by atoms with van der Waals surface area (Å²) in [5.74, 6) is -1.22. The van der Waals surface area contributed by atoms with E-state index in [1.165, 1.54) is 4.90 Å². The highest BCUT2D eigenvalue weighted by Gasteiger charge is 2.32. The molecule has 0 aliphatic carbocycles. The number of benzene rings is 1. The normalized spacial score (nSPS) is 19.9. The topological polar surface area (TPSA) is 80.5 Å². The first-order valence-corrected chi connectivity index (χ1v) is 7.43. The molecule has 1 heterocycles. The largest absolute Gasteiger partial charge is 0.399 e. The van der Waals surface area contributed by atoms with Gasteiger partial charge in [0.2, 0.25) is 5.91 Å². The van der Waals surface area contributed by atoms with Crippen LogP contribution in [0.2, 0.25) is 0 Å². The van der Waals surface area contributed by atoms with E-state index in [9.17, 15) is 17.1 Å². The number of hydrogen-bond acceptors (Lipinski definition) is 4. The van der Waals surface area contributed by atoms with Crippen molar-refractivity contribution in [3.05, 3.63) is 29.8 Å². The van der Waals surface area contributed by atoms with Gasteiger partial charge >= 0.3 is 10.2 Å². The second-order valence-electron chi connectivity index (χ2n) is 4.79. The quantitative estimate of drug-likeness (QED) is 0.659. The van der Waals surface area contributed by atoms with Gasteiger partial charge in [0, 0.05) is 31.1 Å². The molecule has 5 nitrogen and oxygen atoms in total. The molecule has 1 amide bonds. The molecule has 1 aliphatic rings. The van der Waals surface area contributed by atoms with Crippen molar-refractivity contribution in [2.24, 2.45) is 5.92 Å². The molecule has 2 rings (SSSR count). The minimum Gasteiger partial charge on any atom is -0.399 e. The predicted octanol–water partition coefficient (Wildman–Crippen LogP) is 0.917. The molecule has 1 saturated heterocycles. The third-order valence-electron chi connectivity index (χ3n) is 3.05. The van der Waals surface area contributed by atoms with Crippen LogP contribution in [-0.4, -0.2) is 31.5 Å². The Balaban J connectivity index is 2.01. The maximum atomic E-state index is 12.6. The number of nitrogens with zero attached hydrogens (tertiary/aromatic N) is 1. The summed E-state index contributed by atoms with van der Waals surface area (Å²) in [6.07, 6.45) is 0.0749. The van der Waals surface area contributed by atoms with Crippen molar-refractivity contribution in [1.29, 1.82) is 0 Å². The van der Waals surface area contributed by atoms with Gasteiger partial charge in [-0.25, -0.2) is 0 Å². The number of anilines is 1. The molecule has 1 aromatic rings. The van der Waals surface area contributed by atoms with Crippen molar-refractivity contribution in [2.45, 2.75) is 13.0 Å². The Hall–Kier alpha value is -1.63. The molecular weight excluding hydrogens is 271 g/mol. The number of hydrogen-bond donors (Lipinski definition) is 1. The lowest BCUT2D eigenvalue weighted by Gasteiger charge is -2.16. The fourth-order valence-electron chi connectivity index (χ4n) is 2.31. The van der Waals surface area contributed by atoms with E-state index in [2.05, 4.69) is 0 Å². The van der Waals surface area contributed by atoms with E-state index in [1.807, 2.05) is 6.07 Å². The second-order valence-corrected chi connectivity index (χ2v) is 6.21. The van der Waals surface area contributed by atoms with Crippen molar-refractivity contribution < 1.29 is 17.1 Å². The monoisotopic (exact) mass is 286 g/mol. The van der Waals surface area contributed by atoms with Crippen molar-refractivity contribution in [3.8, 4) is 0 Å². The average molecular weight is 286 g/mol. The molecule has 0 radical (unpaired) electrons. The Kier molecular flexibility index (Phi) is 3.75. The zero-order valence-electron chi connectivity index (χ0n) is 10.3. The molecule has 0 aromatic heterocycles. The van der Waals surface area contributed by atoms with Crippen LogP contribution in [-0.2, 0) is 21.6 Å². The standard InChI is InChI=1S/C12H15FN2O3S/c13-19(17,18)8-10-5-12(16)15(7-10)6-9-2-1-3-11(14)4-9/h1-4,10H,5-8,14H2. The lowest BCUT2D eigenvalue weighted by molar-refractivity contribution is -0.128. The molecule has 0 spiro atoms. The van der Waals surface area contributed by atoms with Gasteiger partial charge in [0.05, 0.1) is 5.75 Å². The van der Waals surface area contributed by atoms with E-state index < -0.39 is 21.9 Å². The van der Waals surface area contributed by atoms with Crippen molar-refractivity contribution in [1.82, 2.24) is 4.90 Å². The number of rotatable bonds is 4.